The standard InChI is InChI=1S/C12H19F2N3O2S/c1-7(2)6-8(3)19-5-4-9(18)15-12-17-16-11(20-12)10(13)14/h7-8,10H,4-6H2,1-3H3,(H,15,17,18). The van der Waals surface area contributed by atoms with Crippen LogP contribution in [0.3, 0.4) is 0 Å². The van der Waals surface area contributed by atoms with Crippen LogP contribution in [0.15, 0.2) is 0 Å². The van der Waals surface area contributed by atoms with Crippen molar-refractivity contribution in [3.8, 4) is 0 Å². The molecule has 0 aliphatic carbocycles. The molecule has 1 aromatic heterocycles. The number of aromatic nitrogens is 2. The number of alkyl halides is 2. The number of carbonyl (C=O) groups excluding carboxylic acids is 1. The van der Waals surface area contributed by atoms with Crippen molar-refractivity contribution in [1.82, 2.24) is 10.2 Å². The molecule has 114 valence electrons. The highest BCUT2D eigenvalue weighted by atomic mass is 32.1. The summed E-state index contributed by atoms with van der Waals surface area (Å²) in [5.41, 5.74) is 0. The summed E-state index contributed by atoms with van der Waals surface area (Å²) in [6.45, 7) is 6.45. The fourth-order valence-corrected chi connectivity index (χ4v) is 2.26. The molecule has 1 atom stereocenters. The zero-order valence-electron chi connectivity index (χ0n) is 11.7. The molecule has 0 radical (unpaired) electrons. The molecule has 1 N–H and O–H groups in total. The van der Waals surface area contributed by atoms with Crippen molar-refractivity contribution in [3.05, 3.63) is 5.01 Å². The van der Waals surface area contributed by atoms with Crippen LogP contribution in [0, 0.1) is 5.92 Å². The van der Waals surface area contributed by atoms with Gasteiger partial charge in [0, 0.05) is 0 Å². The maximum atomic E-state index is 12.3. The van der Waals surface area contributed by atoms with Gasteiger partial charge in [-0.3, -0.25) is 4.79 Å². The zero-order chi connectivity index (χ0) is 15.1. The number of ether oxygens (including phenoxy) is 1. The Kier molecular flexibility index (Phi) is 6.94. The van der Waals surface area contributed by atoms with E-state index in [1.807, 2.05) is 6.92 Å². The highest BCUT2D eigenvalue weighted by Gasteiger charge is 2.15. The number of nitrogens with zero attached hydrogens (tertiary/aromatic N) is 2. The summed E-state index contributed by atoms with van der Waals surface area (Å²) in [7, 11) is 0. The molecule has 0 bridgehead atoms. The van der Waals surface area contributed by atoms with Crippen LogP contribution >= 0.6 is 11.3 Å². The summed E-state index contributed by atoms with van der Waals surface area (Å²) in [5, 5.41) is 8.87. The molecule has 1 amide bonds. The highest BCUT2D eigenvalue weighted by Crippen LogP contribution is 2.25. The number of hydrogen-bond donors (Lipinski definition) is 1. The third-order valence-electron chi connectivity index (χ3n) is 2.41. The monoisotopic (exact) mass is 307 g/mol. The van der Waals surface area contributed by atoms with Crippen molar-refractivity contribution in [2.45, 2.75) is 46.1 Å². The quantitative estimate of drug-likeness (QED) is 0.800. The SMILES string of the molecule is CC(C)CC(C)OCCC(=O)Nc1nnc(C(F)F)s1. The Labute approximate surface area is 120 Å². The van der Waals surface area contributed by atoms with E-state index >= 15 is 0 Å². The van der Waals surface area contributed by atoms with E-state index in [9.17, 15) is 13.6 Å². The second-order valence-electron chi connectivity index (χ2n) is 4.86. The van der Waals surface area contributed by atoms with Crippen LogP contribution in [-0.2, 0) is 9.53 Å². The Bertz CT molecular complexity index is 427. The molecule has 0 aromatic carbocycles. The van der Waals surface area contributed by atoms with Gasteiger partial charge in [-0.1, -0.05) is 25.2 Å². The molecule has 0 saturated heterocycles. The maximum Gasteiger partial charge on any atom is 0.291 e. The van der Waals surface area contributed by atoms with Gasteiger partial charge in [0.15, 0.2) is 5.01 Å². The Morgan fingerprint density at radius 3 is 2.60 bits per heavy atom. The lowest BCUT2D eigenvalue weighted by molar-refractivity contribution is -0.117. The first-order valence-electron chi connectivity index (χ1n) is 6.41. The van der Waals surface area contributed by atoms with Gasteiger partial charge in [0.05, 0.1) is 19.1 Å². The molecule has 20 heavy (non-hydrogen) atoms. The van der Waals surface area contributed by atoms with Crippen molar-refractivity contribution in [1.29, 1.82) is 0 Å². The van der Waals surface area contributed by atoms with E-state index in [-0.39, 0.29) is 23.6 Å². The normalized spacial score (nSPS) is 12.9. The summed E-state index contributed by atoms with van der Waals surface area (Å²) in [4.78, 5) is 11.6. The summed E-state index contributed by atoms with van der Waals surface area (Å²) >= 11 is 0.672. The van der Waals surface area contributed by atoms with Gasteiger partial charge in [-0.05, 0) is 19.3 Å². The molecule has 5 nitrogen and oxygen atoms in total. The molecule has 0 aliphatic rings. The largest absolute Gasteiger partial charge is 0.378 e. The fraction of sp³-hybridized carbons (Fsp3) is 0.750. The molecule has 1 aromatic rings. The van der Waals surface area contributed by atoms with Crippen LogP contribution in [0.2, 0.25) is 0 Å². The third-order valence-corrected chi connectivity index (χ3v) is 3.25. The van der Waals surface area contributed by atoms with Gasteiger partial charge < -0.3 is 10.1 Å². The van der Waals surface area contributed by atoms with Crippen LogP contribution in [0.25, 0.3) is 0 Å². The Morgan fingerprint density at radius 2 is 2.05 bits per heavy atom. The van der Waals surface area contributed by atoms with Gasteiger partial charge in [0.1, 0.15) is 0 Å². The van der Waals surface area contributed by atoms with Gasteiger partial charge in [0.25, 0.3) is 6.43 Å². The smallest absolute Gasteiger partial charge is 0.291 e. The average Bonchev–Trinajstić information content (AvgIpc) is 2.76. The number of nitrogens with one attached hydrogen (secondary N) is 1. The van der Waals surface area contributed by atoms with E-state index in [0.717, 1.165) is 6.42 Å². The van der Waals surface area contributed by atoms with Crippen LogP contribution in [-0.4, -0.2) is 28.8 Å². The number of rotatable bonds is 8. The first-order valence-corrected chi connectivity index (χ1v) is 7.23. The minimum atomic E-state index is -2.67. The van der Waals surface area contributed by atoms with Crippen molar-refractivity contribution in [2.75, 3.05) is 11.9 Å². The highest BCUT2D eigenvalue weighted by molar-refractivity contribution is 7.15. The van der Waals surface area contributed by atoms with Gasteiger partial charge >= 0.3 is 0 Å². The van der Waals surface area contributed by atoms with Crippen molar-refractivity contribution >= 4 is 22.4 Å². The van der Waals surface area contributed by atoms with Crippen molar-refractivity contribution in [2.24, 2.45) is 5.92 Å². The number of anilines is 1. The lowest BCUT2D eigenvalue weighted by atomic mass is 10.1. The zero-order valence-corrected chi connectivity index (χ0v) is 12.5. The van der Waals surface area contributed by atoms with E-state index in [1.165, 1.54) is 0 Å². The van der Waals surface area contributed by atoms with Gasteiger partial charge in [-0.25, -0.2) is 8.78 Å². The fourth-order valence-electron chi connectivity index (χ4n) is 1.64. The molecule has 8 heteroatoms. The Balaban J connectivity index is 2.26. The first kappa shape index (κ1) is 16.9. The summed E-state index contributed by atoms with van der Waals surface area (Å²) in [6.07, 6.45) is -1.49. The second-order valence-corrected chi connectivity index (χ2v) is 5.86. The summed E-state index contributed by atoms with van der Waals surface area (Å²) in [5.74, 6) is 0.215. The molecular weight excluding hydrogens is 288 g/mol. The van der Waals surface area contributed by atoms with Crippen LogP contribution < -0.4 is 5.32 Å². The summed E-state index contributed by atoms with van der Waals surface area (Å²) in [6, 6.07) is 0. The molecule has 1 rings (SSSR count). The van der Waals surface area contributed by atoms with Gasteiger partial charge in [-0.2, -0.15) is 0 Å². The Hall–Kier alpha value is -1.15. The summed E-state index contributed by atoms with van der Waals surface area (Å²) < 4.78 is 30.1. The molecule has 0 fully saturated rings. The predicted octanol–water partition coefficient (Wildman–Crippen LogP) is 3.26. The van der Waals surface area contributed by atoms with Crippen molar-refractivity contribution < 1.29 is 18.3 Å². The average molecular weight is 307 g/mol. The third kappa shape index (κ3) is 6.33. The topological polar surface area (TPSA) is 64.1 Å². The molecule has 1 heterocycles. The van der Waals surface area contributed by atoms with Gasteiger partial charge in [0.2, 0.25) is 11.0 Å². The van der Waals surface area contributed by atoms with Crippen LogP contribution in [0.1, 0.15) is 45.0 Å². The number of halogens is 2. The lowest BCUT2D eigenvalue weighted by Gasteiger charge is -2.14. The molecular formula is C12H19F2N3O2S. The van der Waals surface area contributed by atoms with E-state index in [2.05, 4.69) is 29.4 Å². The first-order chi connectivity index (χ1) is 9.38. The van der Waals surface area contributed by atoms with Gasteiger partial charge in [-0.15, -0.1) is 10.2 Å². The van der Waals surface area contributed by atoms with Crippen molar-refractivity contribution in [3.63, 3.8) is 0 Å². The van der Waals surface area contributed by atoms with Crippen LogP contribution in [0.4, 0.5) is 13.9 Å². The second kappa shape index (κ2) is 8.21. The maximum absolute atomic E-state index is 12.3. The molecule has 0 saturated carbocycles. The molecule has 0 spiro atoms. The number of amides is 1. The van der Waals surface area contributed by atoms with E-state index in [1.54, 1.807) is 0 Å². The molecule has 0 aliphatic heterocycles. The van der Waals surface area contributed by atoms with E-state index in [4.69, 9.17) is 4.74 Å². The minimum absolute atomic E-state index is 0.0838. The number of carbonyl (C=O) groups is 1. The molecule has 1 unspecified atom stereocenters. The van der Waals surface area contributed by atoms with E-state index in [0.29, 0.717) is 23.9 Å². The lowest BCUT2D eigenvalue weighted by Crippen LogP contribution is -2.17. The predicted molar refractivity (Wildman–Crippen MR) is 73.0 cm³/mol. The van der Waals surface area contributed by atoms with Crippen LogP contribution in [0.5, 0.6) is 0 Å². The minimum Gasteiger partial charge on any atom is -0.378 e. The Morgan fingerprint density at radius 1 is 1.35 bits per heavy atom. The van der Waals surface area contributed by atoms with E-state index < -0.39 is 11.4 Å². The number of hydrogen-bond acceptors (Lipinski definition) is 5.